The van der Waals surface area contributed by atoms with Gasteiger partial charge in [0.1, 0.15) is 0 Å². The molecule has 5 nitrogen and oxygen atoms in total. The number of nitrogens with zero attached hydrogens (tertiary/aromatic N) is 1. The SMILES string of the molecule is Cc1ccc(NN)c(C(=O)N(C)C2CCOC2C)c1. The number of nitrogens with one attached hydrogen (secondary N) is 1. The second kappa shape index (κ2) is 5.59. The number of hydrogen-bond acceptors (Lipinski definition) is 4. The van der Waals surface area contributed by atoms with Gasteiger partial charge in [-0.3, -0.25) is 10.6 Å². The number of amides is 1. The zero-order valence-electron chi connectivity index (χ0n) is 11.6. The van der Waals surface area contributed by atoms with Crippen molar-refractivity contribution in [2.75, 3.05) is 19.1 Å². The van der Waals surface area contributed by atoms with Gasteiger partial charge >= 0.3 is 0 Å². The van der Waals surface area contributed by atoms with Crippen LogP contribution in [0.25, 0.3) is 0 Å². The molecule has 0 aliphatic carbocycles. The average molecular weight is 263 g/mol. The number of benzene rings is 1. The third-order valence-corrected chi connectivity index (χ3v) is 3.72. The monoisotopic (exact) mass is 263 g/mol. The lowest BCUT2D eigenvalue weighted by Crippen LogP contribution is -2.41. The van der Waals surface area contributed by atoms with Crippen molar-refractivity contribution < 1.29 is 9.53 Å². The fourth-order valence-corrected chi connectivity index (χ4v) is 2.53. The van der Waals surface area contributed by atoms with Crippen molar-refractivity contribution in [1.82, 2.24) is 4.90 Å². The molecule has 1 aromatic carbocycles. The summed E-state index contributed by atoms with van der Waals surface area (Å²) in [6.07, 6.45) is 0.952. The van der Waals surface area contributed by atoms with Gasteiger partial charge in [-0.15, -0.1) is 0 Å². The molecule has 3 N–H and O–H groups in total. The zero-order chi connectivity index (χ0) is 14.0. The standard InChI is InChI=1S/C14H21N3O2/c1-9-4-5-12(16-15)11(8-9)14(18)17(3)13-6-7-19-10(13)2/h4-5,8,10,13,16H,6-7,15H2,1-3H3. The number of nitrogens with two attached hydrogens (primary N) is 1. The summed E-state index contributed by atoms with van der Waals surface area (Å²) in [4.78, 5) is 14.3. The van der Waals surface area contributed by atoms with Crippen LogP contribution in [0.4, 0.5) is 5.69 Å². The van der Waals surface area contributed by atoms with Gasteiger partial charge in [0.15, 0.2) is 0 Å². The molecule has 1 saturated heterocycles. The van der Waals surface area contributed by atoms with E-state index in [2.05, 4.69) is 5.43 Å². The van der Waals surface area contributed by atoms with Crippen LogP contribution in [0, 0.1) is 6.92 Å². The molecule has 1 aliphatic heterocycles. The second-order valence-corrected chi connectivity index (χ2v) is 5.04. The zero-order valence-corrected chi connectivity index (χ0v) is 11.6. The maximum Gasteiger partial charge on any atom is 0.256 e. The Morgan fingerprint density at radius 1 is 1.53 bits per heavy atom. The third-order valence-electron chi connectivity index (χ3n) is 3.72. The summed E-state index contributed by atoms with van der Waals surface area (Å²) in [5.74, 6) is 5.45. The normalized spacial score (nSPS) is 22.3. The Hall–Kier alpha value is -1.59. The lowest BCUT2D eigenvalue weighted by molar-refractivity contribution is 0.0575. The van der Waals surface area contributed by atoms with Crippen LogP contribution in [0.1, 0.15) is 29.3 Å². The maximum atomic E-state index is 12.6. The first-order chi connectivity index (χ1) is 9.04. The predicted octanol–water partition coefficient (Wildman–Crippen LogP) is 1.53. The summed E-state index contributed by atoms with van der Waals surface area (Å²) in [6, 6.07) is 5.73. The van der Waals surface area contributed by atoms with Gasteiger partial charge in [-0.25, -0.2) is 0 Å². The number of nitrogen functional groups attached to an aromatic ring is 1. The largest absolute Gasteiger partial charge is 0.376 e. The lowest BCUT2D eigenvalue weighted by atomic mass is 10.1. The Bertz CT molecular complexity index is 476. The molecule has 1 amide bonds. The van der Waals surface area contributed by atoms with Gasteiger partial charge in [0.2, 0.25) is 0 Å². The van der Waals surface area contributed by atoms with Crippen molar-refractivity contribution in [3.05, 3.63) is 29.3 Å². The molecule has 0 radical (unpaired) electrons. The molecule has 1 aliphatic rings. The number of carbonyl (C=O) groups is 1. The molecular formula is C14H21N3O2. The van der Waals surface area contributed by atoms with E-state index in [4.69, 9.17) is 10.6 Å². The van der Waals surface area contributed by atoms with E-state index < -0.39 is 0 Å². The van der Waals surface area contributed by atoms with E-state index in [-0.39, 0.29) is 18.1 Å². The van der Waals surface area contributed by atoms with E-state index >= 15 is 0 Å². The molecule has 104 valence electrons. The molecule has 2 atom stereocenters. The summed E-state index contributed by atoms with van der Waals surface area (Å²) in [5.41, 5.74) is 4.86. The van der Waals surface area contributed by atoms with Crippen LogP contribution in [-0.2, 0) is 4.74 Å². The Kier molecular flexibility index (Phi) is 4.07. The Morgan fingerprint density at radius 3 is 2.84 bits per heavy atom. The van der Waals surface area contributed by atoms with Gasteiger partial charge in [0.05, 0.1) is 23.4 Å². The quantitative estimate of drug-likeness (QED) is 0.641. The number of anilines is 1. The maximum absolute atomic E-state index is 12.6. The Balaban J connectivity index is 2.25. The van der Waals surface area contributed by atoms with Crippen LogP contribution >= 0.6 is 0 Å². The van der Waals surface area contributed by atoms with Crippen LogP contribution in [0.2, 0.25) is 0 Å². The van der Waals surface area contributed by atoms with Crippen LogP contribution in [0.5, 0.6) is 0 Å². The lowest BCUT2D eigenvalue weighted by Gasteiger charge is -2.27. The molecule has 0 aromatic heterocycles. The highest BCUT2D eigenvalue weighted by molar-refractivity contribution is 5.99. The molecule has 2 rings (SSSR count). The number of hydrogen-bond donors (Lipinski definition) is 2. The van der Waals surface area contributed by atoms with E-state index in [1.165, 1.54) is 0 Å². The number of aryl methyl sites for hydroxylation is 1. The smallest absolute Gasteiger partial charge is 0.256 e. The van der Waals surface area contributed by atoms with Crippen LogP contribution in [0.3, 0.4) is 0 Å². The predicted molar refractivity (Wildman–Crippen MR) is 74.9 cm³/mol. The fraction of sp³-hybridized carbons (Fsp3) is 0.500. The van der Waals surface area contributed by atoms with Crippen LogP contribution in [-0.4, -0.2) is 36.6 Å². The summed E-state index contributed by atoms with van der Waals surface area (Å²) < 4.78 is 5.52. The van der Waals surface area contributed by atoms with Crippen molar-refractivity contribution in [3.8, 4) is 0 Å². The Morgan fingerprint density at radius 2 is 2.26 bits per heavy atom. The molecule has 5 heteroatoms. The van der Waals surface area contributed by atoms with Gasteiger partial charge in [0, 0.05) is 13.7 Å². The van der Waals surface area contributed by atoms with E-state index in [1.807, 2.05) is 39.1 Å². The first-order valence-corrected chi connectivity index (χ1v) is 6.50. The average Bonchev–Trinajstić information content (AvgIpc) is 2.83. The molecule has 19 heavy (non-hydrogen) atoms. The van der Waals surface area contributed by atoms with Gasteiger partial charge in [-0.2, -0.15) is 0 Å². The molecule has 1 heterocycles. The summed E-state index contributed by atoms with van der Waals surface area (Å²) in [7, 11) is 1.82. The minimum Gasteiger partial charge on any atom is -0.376 e. The van der Waals surface area contributed by atoms with E-state index in [1.54, 1.807) is 4.90 Å². The minimum absolute atomic E-state index is 0.0287. The highest BCUT2D eigenvalue weighted by atomic mass is 16.5. The molecule has 0 saturated carbocycles. The van der Waals surface area contributed by atoms with Gasteiger partial charge in [-0.05, 0) is 32.4 Å². The fourth-order valence-electron chi connectivity index (χ4n) is 2.53. The van der Waals surface area contributed by atoms with Gasteiger partial charge in [-0.1, -0.05) is 11.6 Å². The highest BCUT2D eigenvalue weighted by Crippen LogP contribution is 2.23. The third kappa shape index (κ3) is 2.72. The number of likely N-dealkylation sites (N-methyl/N-ethyl adjacent to an activating group) is 1. The topological polar surface area (TPSA) is 67.6 Å². The van der Waals surface area contributed by atoms with Crippen molar-refractivity contribution in [2.24, 2.45) is 5.84 Å². The summed E-state index contributed by atoms with van der Waals surface area (Å²) in [6.45, 7) is 4.66. The number of hydrazine groups is 1. The first-order valence-electron chi connectivity index (χ1n) is 6.50. The van der Waals surface area contributed by atoms with Crippen molar-refractivity contribution in [2.45, 2.75) is 32.4 Å². The minimum atomic E-state index is -0.0287. The van der Waals surface area contributed by atoms with E-state index in [9.17, 15) is 4.79 Å². The number of ether oxygens (including phenoxy) is 1. The van der Waals surface area contributed by atoms with Crippen molar-refractivity contribution >= 4 is 11.6 Å². The van der Waals surface area contributed by atoms with Crippen molar-refractivity contribution in [3.63, 3.8) is 0 Å². The molecular weight excluding hydrogens is 242 g/mol. The second-order valence-electron chi connectivity index (χ2n) is 5.04. The first kappa shape index (κ1) is 13.8. The molecule has 1 aromatic rings. The van der Waals surface area contributed by atoms with Gasteiger partial charge < -0.3 is 15.1 Å². The molecule has 1 fully saturated rings. The molecule has 0 spiro atoms. The number of rotatable bonds is 3. The van der Waals surface area contributed by atoms with Crippen molar-refractivity contribution in [1.29, 1.82) is 0 Å². The highest BCUT2D eigenvalue weighted by Gasteiger charge is 2.31. The Labute approximate surface area is 113 Å². The van der Waals surface area contributed by atoms with E-state index in [0.717, 1.165) is 12.0 Å². The molecule has 2 unspecified atom stereocenters. The van der Waals surface area contributed by atoms with Crippen LogP contribution in [0.15, 0.2) is 18.2 Å². The molecule has 0 bridgehead atoms. The van der Waals surface area contributed by atoms with Crippen LogP contribution < -0.4 is 11.3 Å². The summed E-state index contributed by atoms with van der Waals surface area (Å²) >= 11 is 0. The number of carbonyl (C=O) groups excluding carboxylic acids is 1. The van der Waals surface area contributed by atoms with Gasteiger partial charge in [0.25, 0.3) is 5.91 Å². The summed E-state index contributed by atoms with van der Waals surface area (Å²) in [5, 5.41) is 0. The van der Waals surface area contributed by atoms with E-state index in [0.29, 0.717) is 17.9 Å².